The van der Waals surface area contributed by atoms with Crippen molar-refractivity contribution in [1.29, 1.82) is 0 Å². The SMILES string of the molecule is C[C@H](NC(=O)Nc1cccc([N+](=O)[O-])c1)[C@@H]1CCCO1. The van der Waals surface area contributed by atoms with Gasteiger partial charge in [0.05, 0.1) is 17.1 Å². The maximum absolute atomic E-state index is 11.8. The zero-order valence-electron chi connectivity index (χ0n) is 11.2. The van der Waals surface area contributed by atoms with Crippen LogP contribution in [0, 0.1) is 10.1 Å². The number of non-ortho nitro benzene ring substituents is 1. The third kappa shape index (κ3) is 3.67. The van der Waals surface area contributed by atoms with Gasteiger partial charge in [-0.15, -0.1) is 0 Å². The van der Waals surface area contributed by atoms with Crippen LogP contribution in [0.3, 0.4) is 0 Å². The molecule has 1 aromatic rings. The number of carbonyl (C=O) groups is 1. The van der Waals surface area contributed by atoms with Crippen molar-refractivity contribution in [1.82, 2.24) is 5.32 Å². The Labute approximate surface area is 116 Å². The molecule has 1 fully saturated rings. The van der Waals surface area contributed by atoms with Crippen LogP contribution >= 0.6 is 0 Å². The normalized spacial score (nSPS) is 19.4. The molecule has 0 radical (unpaired) electrons. The van der Waals surface area contributed by atoms with Crippen molar-refractivity contribution < 1.29 is 14.5 Å². The Morgan fingerprint density at radius 2 is 2.35 bits per heavy atom. The molecule has 1 aliphatic heterocycles. The van der Waals surface area contributed by atoms with Crippen LogP contribution in [-0.2, 0) is 4.74 Å². The summed E-state index contributed by atoms with van der Waals surface area (Å²) in [5.74, 6) is 0. The molecule has 0 bridgehead atoms. The van der Waals surface area contributed by atoms with Gasteiger partial charge in [0.1, 0.15) is 0 Å². The lowest BCUT2D eigenvalue weighted by Gasteiger charge is -2.20. The van der Waals surface area contributed by atoms with Gasteiger partial charge in [-0.1, -0.05) is 6.07 Å². The Morgan fingerprint density at radius 3 is 3.00 bits per heavy atom. The van der Waals surface area contributed by atoms with Gasteiger partial charge in [-0.3, -0.25) is 10.1 Å². The number of benzene rings is 1. The van der Waals surface area contributed by atoms with Gasteiger partial charge in [-0.05, 0) is 25.8 Å². The van der Waals surface area contributed by atoms with E-state index in [0.717, 1.165) is 19.4 Å². The van der Waals surface area contributed by atoms with Crippen molar-refractivity contribution in [2.75, 3.05) is 11.9 Å². The number of rotatable bonds is 4. The summed E-state index contributed by atoms with van der Waals surface area (Å²) in [5, 5.41) is 16.0. The largest absolute Gasteiger partial charge is 0.376 e. The number of hydrogen-bond donors (Lipinski definition) is 2. The van der Waals surface area contributed by atoms with Crippen LogP contribution in [0.5, 0.6) is 0 Å². The van der Waals surface area contributed by atoms with E-state index in [1.165, 1.54) is 18.2 Å². The van der Waals surface area contributed by atoms with Crippen molar-refractivity contribution in [3.05, 3.63) is 34.4 Å². The van der Waals surface area contributed by atoms with Crippen molar-refractivity contribution in [2.45, 2.75) is 31.9 Å². The second kappa shape index (κ2) is 6.33. The molecule has 7 heteroatoms. The predicted molar refractivity (Wildman–Crippen MR) is 73.7 cm³/mol. The Morgan fingerprint density at radius 1 is 1.55 bits per heavy atom. The second-order valence-electron chi connectivity index (χ2n) is 4.75. The number of carbonyl (C=O) groups excluding carboxylic acids is 1. The highest BCUT2D eigenvalue weighted by Gasteiger charge is 2.23. The van der Waals surface area contributed by atoms with Gasteiger partial charge in [0.25, 0.3) is 5.69 Å². The van der Waals surface area contributed by atoms with Gasteiger partial charge in [0, 0.05) is 24.4 Å². The molecule has 0 aromatic heterocycles. The van der Waals surface area contributed by atoms with Gasteiger partial charge in [0.15, 0.2) is 0 Å². The van der Waals surface area contributed by atoms with Crippen LogP contribution in [0.1, 0.15) is 19.8 Å². The zero-order chi connectivity index (χ0) is 14.5. The first-order valence-electron chi connectivity index (χ1n) is 6.50. The Balaban J connectivity index is 1.90. The third-order valence-electron chi connectivity index (χ3n) is 3.20. The van der Waals surface area contributed by atoms with Crippen LogP contribution in [0.2, 0.25) is 0 Å². The monoisotopic (exact) mass is 279 g/mol. The van der Waals surface area contributed by atoms with E-state index in [2.05, 4.69) is 10.6 Å². The fourth-order valence-electron chi connectivity index (χ4n) is 2.16. The molecule has 2 atom stereocenters. The zero-order valence-corrected chi connectivity index (χ0v) is 11.2. The van der Waals surface area contributed by atoms with Crippen LogP contribution in [0.25, 0.3) is 0 Å². The highest BCUT2D eigenvalue weighted by molar-refractivity contribution is 5.89. The number of urea groups is 1. The summed E-state index contributed by atoms with van der Waals surface area (Å²) in [4.78, 5) is 22.0. The lowest BCUT2D eigenvalue weighted by Crippen LogP contribution is -2.42. The maximum atomic E-state index is 11.8. The average molecular weight is 279 g/mol. The summed E-state index contributed by atoms with van der Waals surface area (Å²) in [6.07, 6.45) is 1.97. The molecular formula is C13H17N3O4. The lowest BCUT2D eigenvalue weighted by atomic mass is 10.1. The quantitative estimate of drug-likeness (QED) is 0.653. The minimum absolute atomic E-state index is 0.0332. The first kappa shape index (κ1) is 14.3. The number of nitrogens with zero attached hydrogens (tertiary/aromatic N) is 1. The highest BCUT2D eigenvalue weighted by Crippen LogP contribution is 2.18. The fourth-order valence-corrected chi connectivity index (χ4v) is 2.16. The second-order valence-corrected chi connectivity index (χ2v) is 4.75. The van der Waals surface area contributed by atoms with E-state index >= 15 is 0 Å². The average Bonchev–Trinajstić information content (AvgIpc) is 2.92. The Hall–Kier alpha value is -2.15. The molecule has 0 unspecified atom stereocenters. The Kier molecular flexibility index (Phi) is 4.52. The molecular weight excluding hydrogens is 262 g/mol. The van der Waals surface area contributed by atoms with Crippen molar-refractivity contribution in [3.8, 4) is 0 Å². The summed E-state index contributed by atoms with van der Waals surface area (Å²) in [7, 11) is 0. The van der Waals surface area contributed by atoms with E-state index in [1.807, 2.05) is 6.92 Å². The molecule has 1 saturated heterocycles. The van der Waals surface area contributed by atoms with Crippen LogP contribution in [0.15, 0.2) is 24.3 Å². The number of nitro groups is 1. The van der Waals surface area contributed by atoms with Crippen molar-refractivity contribution in [3.63, 3.8) is 0 Å². The maximum Gasteiger partial charge on any atom is 0.319 e. The minimum Gasteiger partial charge on any atom is -0.376 e. The predicted octanol–water partition coefficient (Wildman–Crippen LogP) is 2.28. The van der Waals surface area contributed by atoms with Gasteiger partial charge >= 0.3 is 6.03 Å². The molecule has 7 nitrogen and oxygen atoms in total. The van der Waals surface area contributed by atoms with E-state index in [0.29, 0.717) is 5.69 Å². The first-order valence-corrected chi connectivity index (χ1v) is 6.50. The molecule has 2 N–H and O–H groups in total. The van der Waals surface area contributed by atoms with Gasteiger partial charge in [0.2, 0.25) is 0 Å². The summed E-state index contributed by atoms with van der Waals surface area (Å²) in [5.41, 5.74) is 0.325. The van der Waals surface area contributed by atoms with Crippen molar-refractivity contribution in [2.24, 2.45) is 0 Å². The molecule has 2 rings (SSSR count). The molecule has 0 aliphatic carbocycles. The van der Waals surface area contributed by atoms with Gasteiger partial charge in [-0.2, -0.15) is 0 Å². The molecule has 2 amide bonds. The van der Waals surface area contributed by atoms with Gasteiger partial charge in [-0.25, -0.2) is 4.79 Å². The highest BCUT2D eigenvalue weighted by atomic mass is 16.6. The lowest BCUT2D eigenvalue weighted by molar-refractivity contribution is -0.384. The molecule has 20 heavy (non-hydrogen) atoms. The van der Waals surface area contributed by atoms with Crippen LogP contribution < -0.4 is 10.6 Å². The third-order valence-corrected chi connectivity index (χ3v) is 3.20. The minimum atomic E-state index is -0.502. The standard InChI is InChI=1S/C13H17N3O4/c1-9(12-6-3-7-20-12)14-13(17)15-10-4-2-5-11(8-10)16(18)19/h2,4-5,8-9,12H,3,6-7H2,1H3,(H2,14,15,17)/t9-,12-/m0/s1. The summed E-state index contributed by atoms with van der Waals surface area (Å²) in [6.45, 7) is 2.60. The van der Waals surface area contributed by atoms with E-state index < -0.39 is 11.0 Å². The molecule has 1 aliphatic rings. The molecule has 108 valence electrons. The number of nitrogens with one attached hydrogen (secondary N) is 2. The molecule has 0 saturated carbocycles. The molecule has 1 aromatic carbocycles. The summed E-state index contributed by atoms with van der Waals surface area (Å²) in [6, 6.07) is 5.32. The number of anilines is 1. The van der Waals surface area contributed by atoms with E-state index in [9.17, 15) is 14.9 Å². The Bertz CT molecular complexity index is 500. The first-order chi connectivity index (χ1) is 9.56. The van der Waals surface area contributed by atoms with Crippen LogP contribution in [-0.4, -0.2) is 29.7 Å². The van der Waals surface area contributed by atoms with Gasteiger partial charge < -0.3 is 15.4 Å². The van der Waals surface area contributed by atoms with Crippen LogP contribution in [0.4, 0.5) is 16.2 Å². The van der Waals surface area contributed by atoms with E-state index in [4.69, 9.17) is 4.74 Å². The number of nitro benzene ring substituents is 1. The number of hydrogen-bond acceptors (Lipinski definition) is 4. The van der Waals surface area contributed by atoms with E-state index in [-0.39, 0.29) is 17.8 Å². The number of amides is 2. The number of ether oxygens (including phenoxy) is 1. The smallest absolute Gasteiger partial charge is 0.319 e. The van der Waals surface area contributed by atoms with Crippen molar-refractivity contribution >= 4 is 17.4 Å². The molecule has 0 spiro atoms. The topological polar surface area (TPSA) is 93.5 Å². The molecule has 1 heterocycles. The summed E-state index contributed by atoms with van der Waals surface area (Å²) < 4.78 is 5.48. The fraction of sp³-hybridized carbons (Fsp3) is 0.462. The van der Waals surface area contributed by atoms with E-state index in [1.54, 1.807) is 6.07 Å². The summed E-state index contributed by atoms with van der Waals surface area (Å²) >= 11 is 0.